The maximum absolute atomic E-state index is 12.3. The quantitative estimate of drug-likeness (QED) is 0.853. The standard InChI is InChI=1S/C15H22N4OS/c1-15(2,10-16)18-14(20)8-19-12-7-5-4-6-11(12)17-13(19)9-21-3/h4-7H,8-10,16H2,1-3H3,(H,18,20). The first-order valence-electron chi connectivity index (χ1n) is 6.91. The van der Waals surface area contributed by atoms with Crippen LogP contribution in [0.1, 0.15) is 19.7 Å². The molecular weight excluding hydrogens is 284 g/mol. The van der Waals surface area contributed by atoms with Gasteiger partial charge in [-0.3, -0.25) is 4.79 Å². The van der Waals surface area contributed by atoms with Crippen LogP contribution in [0.25, 0.3) is 11.0 Å². The van der Waals surface area contributed by atoms with E-state index in [-0.39, 0.29) is 12.5 Å². The third-order valence-electron chi connectivity index (χ3n) is 3.30. The van der Waals surface area contributed by atoms with E-state index >= 15 is 0 Å². The Balaban J connectivity index is 2.28. The second kappa shape index (κ2) is 6.49. The Hall–Kier alpha value is -1.53. The van der Waals surface area contributed by atoms with Gasteiger partial charge in [0.1, 0.15) is 12.4 Å². The number of hydrogen-bond donors (Lipinski definition) is 2. The van der Waals surface area contributed by atoms with Gasteiger partial charge < -0.3 is 15.6 Å². The summed E-state index contributed by atoms with van der Waals surface area (Å²) in [6.07, 6.45) is 2.03. The number of rotatable bonds is 6. The van der Waals surface area contributed by atoms with E-state index < -0.39 is 5.54 Å². The lowest BCUT2D eigenvalue weighted by Crippen LogP contribution is -2.49. The molecule has 1 heterocycles. The van der Waals surface area contributed by atoms with Crippen LogP contribution in [0.15, 0.2) is 24.3 Å². The summed E-state index contributed by atoms with van der Waals surface area (Å²) in [5.74, 6) is 1.66. The number of carbonyl (C=O) groups is 1. The average molecular weight is 306 g/mol. The number of fused-ring (bicyclic) bond motifs is 1. The number of nitrogens with two attached hydrogens (primary N) is 1. The monoisotopic (exact) mass is 306 g/mol. The molecule has 1 amide bonds. The van der Waals surface area contributed by atoms with Crippen molar-refractivity contribution in [2.45, 2.75) is 31.7 Å². The minimum absolute atomic E-state index is 0.0454. The van der Waals surface area contributed by atoms with Crippen LogP contribution in [0.4, 0.5) is 0 Å². The summed E-state index contributed by atoms with van der Waals surface area (Å²) >= 11 is 1.69. The number of amides is 1. The number of benzene rings is 1. The Kier molecular flexibility index (Phi) is 4.90. The second-order valence-corrected chi connectivity index (χ2v) is 6.54. The first kappa shape index (κ1) is 15.9. The maximum atomic E-state index is 12.3. The number of carbonyl (C=O) groups excluding carboxylic acids is 1. The lowest BCUT2D eigenvalue weighted by molar-refractivity contribution is -0.123. The number of nitrogens with one attached hydrogen (secondary N) is 1. The van der Waals surface area contributed by atoms with E-state index in [9.17, 15) is 4.79 Å². The van der Waals surface area contributed by atoms with E-state index in [0.29, 0.717) is 6.54 Å². The summed E-state index contributed by atoms with van der Waals surface area (Å²) < 4.78 is 1.98. The maximum Gasteiger partial charge on any atom is 0.240 e. The summed E-state index contributed by atoms with van der Waals surface area (Å²) in [6.45, 7) is 4.50. The Morgan fingerprint density at radius 2 is 2.14 bits per heavy atom. The molecule has 0 bridgehead atoms. The molecule has 2 rings (SSSR count). The van der Waals surface area contributed by atoms with E-state index in [1.165, 1.54) is 0 Å². The number of thioether (sulfide) groups is 1. The zero-order valence-electron chi connectivity index (χ0n) is 12.7. The first-order valence-corrected chi connectivity index (χ1v) is 8.30. The van der Waals surface area contributed by atoms with Crippen LogP contribution in [-0.2, 0) is 17.1 Å². The summed E-state index contributed by atoms with van der Waals surface area (Å²) in [5.41, 5.74) is 7.17. The zero-order valence-corrected chi connectivity index (χ0v) is 13.5. The number of hydrogen-bond acceptors (Lipinski definition) is 4. The Bertz CT molecular complexity index is 636. The van der Waals surface area contributed by atoms with Gasteiger partial charge >= 0.3 is 0 Å². The summed E-state index contributed by atoms with van der Waals surface area (Å²) in [7, 11) is 0. The number of aromatic nitrogens is 2. The molecule has 0 fully saturated rings. The molecule has 0 radical (unpaired) electrons. The first-order chi connectivity index (χ1) is 9.96. The smallest absolute Gasteiger partial charge is 0.240 e. The predicted octanol–water partition coefficient (Wildman–Crippen LogP) is 1.75. The van der Waals surface area contributed by atoms with Gasteiger partial charge in [-0.15, -0.1) is 0 Å². The van der Waals surface area contributed by atoms with Gasteiger partial charge in [-0.2, -0.15) is 11.8 Å². The molecule has 5 nitrogen and oxygen atoms in total. The largest absolute Gasteiger partial charge is 0.348 e. The van der Waals surface area contributed by atoms with Crippen molar-refractivity contribution >= 4 is 28.7 Å². The molecule has 0 aliphatic rings. The zero-order chi connectivity index (χ0) is 15.5. The van der Waals surface area contributed by atoms with Crippen molar-refractivity contribution in [3.8, 4) is 0 Å². The van der Waals surface area contributed by atoms with Crippen molar-refractivity contribution in [1.82, 2.24) is 14.9 Å². The van der Waals surface area contributed by atoms with Crippen LogP contribution in [0.2, 0.25) is 0 Å². The fourth-order valence-corrected chi connectivity index (χ4v) is 2.63. The predicted molar refractivity (Wildman–Crippen MR) is 88.2 cm³/mol. The molecule has 0 aliphatic heterocycles. The van der Waals surface area contributed by atoms with Gasteiger partial charge in [0.2, 0.25) is 5.91 Å². The van der Waals surface area contributed by atoms with E-state index in [2.05, 4.69) is 10.3 Å². The number of para-hydroxylation sites is 2. The summed E-state index contributed by atoms with van der Waals surface area (Å²) in [5, 5.41) is 2.96. The highest BCUT2D eigenvalue weighted by atomic mass is 32.2. The molecule has 0 aliphatic carbocycles. The van der Waals surface area contributed by atoms with E-state index in [1.54, 1.807) is 11.8 Å². The SMILES string of the molecule is CSCc1nc2ccccc2n1CC(=O)NC(C)(C)CN. The van der Waals surface area contributed by atoms with Gasteiger partial charge in [-0.25, -0.2) is 4.98 Å². The van der Waals surface area contributed by atoms with Crippen molar-refractivity contribution in [2.75, 3.05) is 12.8 Å². The van der Waals surface area contributed by atoms with Crippen molar-refractivity contribution in [2.24, 2.45) is 5.73 Å². The molecule has 3 N–H and O–H groups in total. The Morgan fingerprint density at radius 1 is 1.43 bits per heavy atom. The molecule has 114 valence electrons. The second-order valence-electron chi connectivity index (χ2n) is 5.67. The number of imidazole rings is 1. The average Bonchev–Trinajstić information content (AvgIpc) is 2.77. The molecule has 0 saturated heterocycles. The highest BCUT2D eigenvalue weighted by molar-refractivity contribution is 7.97. The van der Waals surface area contributed by atoms with Crippen molar-refractivity contribution in [3.63, 3.8) is 0 Å². The van der Waals surface area contributed by atoms with E-state index in [4.69, 9.17) is 5.73 Å². The van der Waals surface area contributed by atoms with Gasteiger partial charge in [0.15, 0.2) is 0 Å². The van der Waals surface area contributed by atoms with Gasteiger partial charge in [-0.05, 0) is 32.2 Å². The van der Waals surface area contributed by atoms with Crippen LogP contribution in [0, 0.1) is 0 Å². The van der Waals surface area contributed by atoms with Crippen LogP contribution < -0.4 is 11.1 Å². The molecule has 0 atom stereocenters. The molecule has 1 aromatic carbocycles. The summed E-state index contributed by atoms with van der Waals surface area (Å²) in [6, 6.07) is 7.89. The minimum atomic E-state index is -0.396. The minimum Gasteiger partial charge on any atom is -0.348 e. The van der Waals surface area contributed by atoms with Crippen LogP contribution in [0.5, 0.6) is 0 Å². The molecule has 6 heteroatoms. The van der Waals surface area contributed by atoms with Crippen molar-refractivity contribution in [1.29, 1.82) is 0 Å². The third-order valence-corrected chi connectivity index (χ3v) is 3.84. The highest BCUT2D eigenvalue weighted by Gasteiger charge is 2.20. The third kappa shape index (κ3) is 3.77. The lowest BCUT2D eigenvalue weighted by atomic mass is 10.1. The van der Waals surface area contributed by atoms with Gasteiger partial charge in [-0.1, -0.05) is 12.1 Å². The van der Waals surface area contributed by atoms with Crippen LogP contribution in [-0.4, -0.2) is 33.8 Å². The van der Waals surface area contributed by atoms with Gasteiger partial charge in [0.05, 0.1) is 16.8 Å². The molecule has 0 saturated carbocycles. The molecular formula is C15H22N4OS. The number of nitrogens with zero attached hydrogens (tertiary/aromatic N) is 2. The molecule has 1 aromatic heterocycles. The fraction of sp³-hybridized carbons (Fsp3) is 0.467. The molecule has 0 unspecified atom stereocenters. The summed E-state index contributed by atoms with van der Waals surface area (Å²) in [4.78, 5) is 16.9. The Labute approximate surface area is 129 Å². The molecule has 0 spiro atoms. The van der Waals surface area contributed by atoms with Gasteiger partial charge in [0.25, 0.3) is 0 Å². The molecule has 21 heavy (non-hydrogen) atoms. The van der Waals surface area contributed by atoms with E-state index in [1.807, 2.05) is 48.9 Å². The Morgan fingerprint density at radius 3 is 2.81 bits per heavy atom. The van der Waals surface area contributed by atoms with Crippen LogP contribution in [0.3, 0.4) is 0 Å². The lowest BCUT2D eigenvalue weighted by Gasteiger charge is -2.24. The van der Waals surface area contributed by atoms with Crippen molar-refractivity contribution < 1.29 is 4.79 Å². The normalized spacial score (nSPS) is 11.8. The highest BCUT2D eigenvalue weighted by Crippen LogP contribution is 2.19. The van der Waals surface area contributed by atoms with E-state index in [0.717, 1.165) is 22.6 Å². The fourth-order valence-electron chi connectivity index (χ4n) is 2.15. The topological polar surface area (TPSA) is 72.9 Å². The molecule has 2 aromatic rings. The van der Waals surface area contributed by atoms with Gasteiger partial charge in [0, 0.05) is 12.1 Å². The van der Waals surface area contributed by atoms with Crippen molar-refractivity contribution in [3.05, 3.63) is 30.1 Å². The van der Waals surface area contributed by atoms with Crippen LogP contribution >= 0.6 is 11.8 Å².